The van der Waals surface area contributed by atoms with Crippen LogP contribution in [-0.4, -0.2) is 45.7 Å². The lowest BCUT2D eigenvalue weighted by molar-refractivity contribution is -0.140. The molecule has 0 unspecified atom stereocenters. The van der Waals surface area contributed by atoms with Crippen LogP contribution < -0.4 is 5.32 Å². The summed E-state index contributed by atoms with van der Waals surface area (Å²) in [7, 11) is 1.32. The van der Waals surface area contributed by atoms with Gasteiger partial charge < -0.3 is 10.1 Å². The lowest BCUT2D eigenvalue weighted by Crippen LogP contribution is -2.29. The zero-order valence-corrected chi connectivity index (χ0v) is 12.5. The van der Waals surface area contributed by atoms with E-state index in [9.17, 15) is 14.0 Å². The molecule has 0 aliphatic carbocycles. The van der Waals surface area contributed by atoms with E-state index in [4.69, 9.17) is 0 Å². The van der Waals surface area contributed by atoms with Gasteiger partial charge in [0.15, 0.2) is 0 Å². The number of nitrogens with one attached hydrogen (secondary N) is 1. The summed E-state index contributed by atoms with van der Waals surface area (Å²) in [4.78, 5) is 23.8. The normalized spacial score (nSPS) is 10.3. The van der Waals surface area contributed by atoms with Gasteiger partial charge in [0.25, 0.3) is 0 Å². The fourth-order valence-corrected chi connectivity index (χ4v) is 1.77. The maximum absolute atomic E-state index is 12.9. The van der Waals surface area contributed by atoms with Gasteiger partial charge in [-0.2, -0.15) is 4.80 Å². The highest BCUT2D eigenvalue weighted by Gasteiger charge is 2.09. The Kier molecular flexibility index (Phi) is 5.73. The van der Waals surface area contributed by atoms with Crippen molar-refractivity contribution >= 4 is 11.9 Å². The Morgan fingerprint density at radius 3 is 2.74 bits per heavy atom. The topological polar surface area (TPSA) is 99.0 Å². The van der Waals surface area contributed by atoms with Crippen LogP contribution in [-0.2, 0) is 20.9 Å². The fourth-order valence-electron chi connectivity index (χ4n) is 1.77. The molecular weight excluding hydrogens is 305 g/mol. The zero-order chi connectivity index (χ0) is 16.7. The number of carbonyl (C=O) groups excluding carboxylic acids is 2. The first-order chi connectivity index (χ1) is 11.1. The number of esters is 1. The van der Waals surface area contributed by atoms with E-state index in [-0.39, 0.29) is 30.7 Å². The molecule has 2 rings (SSSR count). The molecule has 0 aliphatic heterocycles. The summed E-state index contributed by atoms with van der Waals surface area (Å²) in [6.07, 6.45) is 0.733. The second kappa shape index (κ2) is 7.97. The predicted octanol–water partition coefficient (Wildman–Crippen LogP) is 0.549. The maximum atomic E-state index is 12.9. The molecule has 0 saturated carbocycles. The van der Waals surface area contributed by atoms with Gasteiger partial charge in [-0.05, 0) is 35.9 Å². The van der Waals surface area contributed by atoms with Gasteiger partial charge in [-0.15, -0.1) is 10.2 Å². The standard InChI is InChI=1S/C14H16FN5O3/c1-23-13(22)3-2-8-16-12(21)9-20-18-14(17-19-20)10-4-6-11(15)7-5-10/h4-7H,2-3,8-9H2,1H3,(H,16,21). The second-order valence-electron chi connectivity index (χ2n) is 4.68. The van der Waals surface area contributed by atoms with Gasteiger partial charge >= 0.3 is 5.97 Å². The van der Waals surface area contributed by atoms with Crippen molar-refractivity contribution in [2.45, 2.75) is 19.4 Å². The molecular formula is C14H16FN5O3. The molecule has 1 heterocycles. The highest BCUT2D eigenvalue weighted by atomic mass is 19.1. The first kappa shape index (κ1) is 16.5. The second-order valence-corrected chi connectivity index (χ2v) is 4.68. The average Bonchev–Trinajstić information content (AvgIpc) is 3.00. The van der Waals surface area contributed by atoms with Crippen LogP contribution in [0, 0.1) is 5.82 Å². The Labute approximate surface area is 131 Å². The Bertz CT molecular complexity index is 671. The van der Waals surface area contributed by atoms with Crippen molar-refractivity contribution in [3.05, 3.63) is 30.1 Å². The Hall–Kier alpha value is -2.84. The van der Waals surface area contributed by atoms with Crippen LogP contribution in [0.2, 0.25) is 0 Å². The minimum absolute atomic E-state index is 0.0909. The molecule has 0 saturated heterocycles. The van der Waals surface area contributed by atoms with Crippen LogP contribution in [0.4, 0.5) is 4.39 Å². The molecule has 8 nitrogen and oxygen atoms in total. The van der Waals surface area contributed by atoms with E-state index in [2.05, 4.69) is 25.5 Å². The van der Waals surface area contributed by atoms with Gasteiger partial charge in [-0.25, -0.2) is 4.39 Å². The summed E-state index contributed by atoms with van der Waals surface area (Å²) in [5.41, 5.74) is 0.608. The molecule has 122 valence electrons. The van der Waals surface area contributed by atoms with Gasteiger partial charge in [-0.3, -0.25) is 9.59 Å². The van der Waals surface area contributed by atoms with E-state index in [1.165, 1.54) is 31.4 Å². The van der Waals surface area contributed by atoms with Crippen molar-refractivity contribution in [3.63, 3.8) is 0 Å². The third-order valence-corrected chi connectivity index (χ3v) is 2.95. The van der Waals surface area contributed by atoms with E-state index in [1.54, 1.807) is 0 Å². The number of benzene rings is 1. The molecule has 0 fully saturated rings. The third kappa shape index (κ3) is 5.13. The molecule has 1 amide bonds. The molecule has 1 aromatic carbocycles. The van der Waals surface area contributed by atoms with Crippen LogP contribution in [0.5, 0.6) is 0 Å². The molecule has 0 spiro atoms. The molecule has 0 aliphatic rings. The molecule has 0 radical (unpaired) electrons. The van der Waals surface area contributed by atoms with Gasteiger partial charge in [0, 0.05) is 18.5 Å². The van der Waals surface area contributed by atoms with E-state index < -0.39 is 0 Å². The summed E-state index contributed by atoms with van der Waals surface area (Å²) < 4.78 is 17.4. The number of nitrogens with zero attached hydrogens (tertiary/aromatic N) is 4. The lowest BCUT2D eigenvalue weighted by Gasteiger charge is -2.03. The van der Waals surface area contributed by atoms with E-state index in [0.717, 1.165) is 4.80 Å². The number of halogens is 1. The van der Waals surface area contributed by atoms with E-state index in [0.29, 0.717) is 24.4 Å². The number of carbonyl (C=O) groups is 2. The van der Waals surface area contributed by atoms with Crippen LogP contribution in [0.15, 0.2) is 24.3 Å². The number of methoxy groups -OCH3 is 1. The molecule has 1 N–H and O–H groups in total. The Morgan fingerprint density at radius 1 is 1.30 bits per heavy atom. The Morgan fingerprint density at radius 2 is 2.04 bits per heavy atom. The quantitative estimate of drug-likeness (QED) is 0.590. The summed E-state index contributed by atoms with van der Waals surface area (Å²) in [5.74, 6) is -0.657. The molecule has 0 bridgehead atoms. The lowest BCUT2D eigenvalue weighted by atomic mass is 10.2. The van der Waals surface area contributed by atoms with E-state index >= 15 is 0 Å². The molecule has 1 aromatic heterocycles. The smallest absolute Gasteiger partial charge is 0.305 e. The number of rotatable bonds is 7. The summed E-state index contributed by atoms with van der Waals surface area (Å²) in [6.45, 7) is 0.264. The molecule has 23 heavy (non-hydrogen) atoms. The van der Waals surface area contributed by atoms with Crippen LogP contribution >= 0.6 is 0 Å². The largest absolute Gasteiger partial charge is 0.469 e. The molecule has 2 aromatic rings. The van der Waals surface area contributed by atoms with Gasteiger partial charge in [0.05, 0.1) is 7.11 Å². The van der Waals surface area contributed by atoms with Gasteiger partial charge in [-0.1, -0.05) is 0 Å². The highest BCUT2D eigenvalue weighted by Crippen LogP contribution is 2.13. The number of hydrogen-bond donors (Lipinski definition) is 1. The van der Waals surface area contributed by atoms with Crippen LogP contribution in [0.3, 0.4) is 0 Å². The fraction of sp³-hybridized carbons (Fsp3) is 0.357. The minimum atomic E-state index is -0.354. The number of ether oxygens (including phenoxy) is 1. The van der Waals surface area contributed by atoms with Crippen molar-refractivity contribution in [2.24, 2.45) is 0 Å². The van der Waals surface area contributed by atoms with Crippen molar-refractivity contribution < 1.29 is 18.7 Å². The maximum Gasteiger partial charge on any atom is 0.305 e. The Balaban J connectivity index is 1.81. The van der Waals surface area contributed by atoms with Crippen molar-refractivity contribution in [1.29, 1.82) is 0 Å². The monoisotopic (exact) mass is 321 g/mol. The highest BCUT2D eigenvalue weighted by molar-refractivity contribution is 5.75. The first-order valence-corrected chi connectivity index (χ1v) is 6.96. The predicted molar refractivity (Wildman–Crippen MR) is 77.5 cm³/mol. The van der Waals surface area contributed by atoms with Gasteiger partial charge in [0.1, 0.15) is 12.4 Å². The molecule has 9 heteroatoms. The van der Waals surface area contributed by atoms with Crippen molar-refractivity contribution in [3.8, 4) is 11.4 Å². The zero-order valence-electron chi connectivity index (χ0n) is 12.5. The average molecular weight is 321 g/mol. The van der Waals surface area contributed by atoms with Crippen molar-refractivity contribution in [1.82, 2.24) is 25.5 Å². The van der Waals surface area contributed by atoms with Crippen LogP contribution in [0.1, 0.15) is 12.8 Å². The summed E-state index contributed by atoms with van der Waals surface area (Å²) in [6, 6.07) is 5.65. The van der Waals surface area contributed by atoms with Gasteiger partial charge in [0.2, 0.25) is 11.7 Å². The summed E-state index contributed by atoms with van der Waals surface area (Å²) in [5, 5.41) is 14.3. The number of aromatic nitrogens is 4. The first-order valence-electron chi connectivity index (χ1n) is 6.96. The number of hydrogen-bond acceptors (Lipinski definition) is 6. The van der Waals surface area contributed by atoms with E-state index in [1.807, 2.05) is 0 Å². The minimum Gasteiger partial charge on any atom is -0.469 e. The summed E-state index contributed by atoms with van der Waals surface area (Å²) >= 11 is 0. The number of tetrazole rings is 1. The van der Waals surface area contributed by atoms with Crippen LogP contribution in [0.25, 0.3) is 11.4 Å². The van der Waals surface area contributed by atoms with Crippen molar-refractivity contribution in [2.75, 3.05) is 13.7 Å². The number of amides is 1. The third-order valence-electron chi connectivity index (χ3n) is 2.95. The SMILES string of the molecule is COC(=O)CCCNC(=O)Cn1nnc(-c2ccc(F)cc2)n1. The molecule has 0 atom stereocenters.